The quantitative estimate of drug-likeness (QED) is 0.831. The number of halogens is 3. The van der Waals surface area contributed by atoms with E-state index in [0.29, 0.717) is 17.5 Å². The highest BCUT2D eigenvalue weighted by molar-refractivity contribution is 5.59. The molecule has 0 saturated carbocycles. The number of nitrogens with zero attached hydrogens (tertiary/aromatic N) is 2. The Balaban J connectivity index is 2.32. The second-order valence-electron chi connectivity index (χ2n) is 4.12. The smallest absolute Gasteiger partial charge is 0.194 e. The van der Waals surface area contributed by atoms with Crippen molar-refractivity contribution in [3.63, 3.8) is 0 Å². The molecule has 2 N–H and O–H groups in total. The lowest BCUT2D eigenvalue weighted by Gasteiger charge is -2.10. The lowest BCUT2D eigenvalue weighted by molar-refractivity contribution is 0.178. The maximum Gasteiger partial charge on any atom is 0.194 e. The summed E-state index contributed by atoms with van der Waals surface area (Å²) in [6.45, 7) is 0.177. The fourth-order valence-corrected chi connectivity index (χ4v) is 1.66. The molecule has 1 aromatic carbocycles. The number of benzene rings is 1. The Morgan fingerprint density at radius 1 is 1.05 bits per heavy atom. The van der Waals surface area contributed by atoms with Gasteiger partial charge in [-0.1, -0.05) is 0 Å². The first kappa shape index (κ1) is 15.0. The number of aromatic nitrogens is 2. The molecule has 0 unspecified atom stereocenters. The number of methoxy groups -OCH3 is 1. The Bertz CT molecular complexity index is 628. The van der Waals surface area contributed by atoms with Gasteiger partial charge in [0, 0.05) is 38.0 Å². The zero-order valence-electron chi connectivity index (χ0n) is 11.4. The van der Waals surface area contributed by atoms with Gasteiger partial charge in [0.25, 0.3) is 0 Å². The number of nitrogens with one attached hydrogen (secondary N) is 2. The minimum Gasteiger partial charge on any atom is -0.377 e. The maximum absolute atomic E-state index is 13.2. The van der Waals surface area contributed by atoms with Gasteiger partial charge in [-0.3, -0.25) is 0 Å². The van der Waals surface area contributed by atoms with Crippen LogP contribution in [0, 0.1) is 17.5 Å². The molecule has 1 heterocycles. The van der Waals surface area contributed by atoms with Crippen molar-refractivity contribution in [1.82, 2.24) is 9.97 Å². The van der Waals surface area contributed by atoms with Crippen molar-refractivity contribution in [3.8, 4) is 0 Å². The summed E-state index contributed by atoms with van der Waals surface area (Å²) in [5, 5.41) is 5.52. The van der Waals surface area contributed by atoms with Crippen LogP contribution in [0.5, 0.6) is 0 Å². The largest absolute Gasteiger partial charge is 0.377 e. The molecule has 0 bridgehead atoms. The molecule has 0 radical (unpaired) electrons. The highest BCUT2D eigenvalue weighted by Crippen LogP contribution is 2.21. The average molecular weight is 298 g/mol. The summed E-state index contributed by atoms with van der Waals surface area (Å²) in [7, 11) is 3.16. The molecule has 0 aliphatic rings. The lowest BCUT2D eigenvalue weighted by Crippen LogP contribution is -2.05. The Labute approximate surface area is 119 Å². The van der Waals surface area contributed by atoms with Gasteiger partial charge in [-0.15, -0.1) is 0 Å². The van der Waals surface area contributed by atoms with Crippen LogP contribution in [0.2, 0.25) is 0 Å². The predicted molar refractivity (Wildman–Crippen MR) is 71.9 cm³/mol. The van der Waals surface area contributed by atoms with Crippen molar-refractivity contribution >= 4 is 17.3 Å². The summed E-state index contributed by atoms with van der Waals surface area (Å²) in [4.78, 5) is 8.26. The normalized spacial score (nSPS) is 10.5. The standard InChI is InChI=1S/C13H13F3N4O/c1-17-10-5-11(20-12(19-10)6-21-2)18-7-3-8(14)13(16)9(15)4-7/h3-5H,6H2,1-2H3,(H2,17,18,19,20). The first-order valence-electron chi connectivity index (χ1n) is 5.99. The van der Waals surface area contributed by atoms with Crippen LogP contribution in [0.25, 0.3) is 0 Å². The molecule has 2 aromatic rings. The fourth-order valence-electron chi connectivity index (χ4n) is 1.66. The molecule has 0 saturated heterocycles. The first-order chi connectivity index (χ1) is 10.0. The van der Waals surface area contributed by atoms with E-state index in [1.54, 1.807) is 13.1 Å². The van der Waals surface area contributed by atoms with Crippen molar-refractivity contribution in [1.29, 1.82) is 0 Å². The van der Waals surface area contributed by atoms with E-state index < -0.39 is 17.5 Å². The van der Waals surface area contributed by atoms with Crippen molar-refractivity contribution < 1.29 is 17.9 Å². The van der Waals surface area contributed by atoms with Gasteiger partial charge in [-0.05, 0) is 0 Å². The van der Waals surface area contributed by atoms with Gasteiger partial charge in [0.05, 0.1) is 0 Å². The molecule has 0 fully saturated rings. The number of anilines is 3. The van der Waals surface area contributed by atoms with Crippen LogP contribution < -0.4 is 10.6 Å². The molecule has 21 heavy (non-hydrogen) atoms. The molecule has 2 rings (SSSR count). The highest BCUT2D eigenvalue weighted by Gasteiger charge is 2.11. The van der Waals surface area contributed by atoms with Crippen molar-refractivity contribution in [2.45, 2.75) is 6.61 Å². The van der Waals surface area contributed by atoms with E-state index in [2.05, 4.69) is 20.6 Å². The monoisotopic (exact) mass is 298 g/mol. The Hall–Kier alpha value is -2.35. The van der Waals surface area contributed by atoms with Crippen LogP contribution in [0.1, 0.15) is 5.82 Å². The summed E-state index contributed by atoms with van der Waals surface area (Å²) < 4.78 is 44.2. The molecule has 0 atom stereocenters. The molecule has 0 aliphatic carbocycles. The van der Waals surface area contributed by atoms with Crippen LogP contribution in [0.15, 0.2) is 18.2 Å². The summed E-state index contributed by atoms with van der Waals surface area (Å²) in [6.07, 6.45) is 0. The highest BCUT2D eigenvalue weighted by atomic mass is 19.2. The van der Waals surface area contributed by atoms with E-state index in [9.17, 15) is 13.2 Å². The molecule has 0 spiro atoms. The topological polar surface area (TPSA) is 59.1 Å². The van der Waals surface area contributed by atoms with E-state index in [1.165, 1.54) is 7.11 Å². The van der Waals surface area contributed by atoms with Crippen LogP contribution >= 0.6 is 0 Å². The van der Waals surface area contributed by atoms with Crippen molar-refractivity contribution in [2.75, 3.05) is 24.8 Å². The molecular weight excluding hydrogens is 285 g/mol. The zero-order chi connectivity index (χ0) is 15.4. The van der Waals surface area contributed by atoms with Gasteiger partial charge >= 0.3 is 0 Å². The van der Waals surface area contributed by atoms with Gasteiger partial charge in [0.15, 0.2) is 23.3 Å². The second kappa shape index (κ2) is 6.40. The van der Waals surface area contributed by atoms with Crippen molar-refractivity contribution in [3.05, 3.63) is 41.5 Å². The molecule has 8 heteroatoms. The molecule has 1 aromatic heterocycles. The molecule has 5 nitrogen and oxygen atoms in total. The van der Waals surface area contributed by atoms with E-state index in [0.717, 1.165) is 12.1 Å². The number of hydrogen-bond acceptors (Lipinski definition) is 5. The van der Waals surface area contributed by atoms with E-state index in [1.807, 2.05) is 0 Å². The van der Waals surface area contributed by atoms with Crippen molar-refractivity contribution in [2.24, 2.45) is 0 Å². The summed E-state index contributed by atoms with van der Waals surface area (Å²) in [6, 6.07) is 3.23. The Morgan fingerprint density at radius 2 is 1.67 bits per heavy atom. The first-order valence-corrected chi connectivity index (χ1v) is 5.99. The zero-order valence-corrected chi connectivity index (χ0v) is 11.4. The second-order valence-corrected chi connectivity index (χ2v) is 4.12. The summed E-state index contributed by atoms with van der Waals surface area (Å²) in [5.74, 6) is -2.89. The molecule has 0 amide bonds. The van der Waals surface area contributed by atoms with Gasteiger partial charge in [0.1, 0.15) is 18.2 Å². The third-order valence-corrected chi connectivity index (χ3v) is 2.56. The van der Waals surface area contributed by atoms with Crippen LogP contribution in [0.4, 0.5) is 30.5 Å². The minimum atomic E-state index is -1.51. The number of hydrogen-bond donors (Lipinski definition) is 2. The fraction of sp³-hybridized carbons (Fsp3) is 0.231. The van der Waals surface area contributed by atoms with Gasteiger partial charge in [-0.2, -0.15) is 0 Å². The number of ether oxygens (including phenoxy) is 1. The molecule has 0 aliphatic heterocycles. The van der Waals surface area contributed by atoms with Gasteiger partial charge < -0.3 is 15.4 Å². The predicted octanol–water partition coefficient (Wildman–Crippen LogP) is 2.83. The lowest BCUT2D eigenvalue weighted by atomic mass is 10.3. The van der Waals surface area contributed by atoms with Crippen LogP contribution in [-0.4, -0.2) is 24.1 Å². The Morgan fingerprint density at radius 3 is 2.24 bits per heavy atom. The van der Waals surface area contributed by atoms with E-state index in [4.69, 9.17) is 4.74 Å². The van der Waals surface area contributed by atoms with Gasteiger partial charge in [-0.25, -0.2) is 23.1 Å². The van der Waals surface area contributed by atoms with E-state index in [-0.39, 0.29) is 12.3 Å². The summed E-state index contributed by atoms with van der Waals surface area (Å²) in [5.41, 5.74) is 0.0375. The third-order valence-electron chi connectivity index (χ3n) is 2.56. The molecular formula is C13H13F3N4O. The minimum absolute atomic E-state index is 0.0375. The van der Waals surface area contributed by atoms with Gasteiger partial charge in [0.2, 0.25) is 0 Å². The molecule has 112 valence electrons. The number of rotatable bonds is 5. The average Bonchev–Trinajstić information content (AvgIpc) is 2.44. The third kappa shape index (κ3) is 3.60. The van der Waals surface area contributed by atoms with Crippen LogP contribution in [-0.2, 0) is 11.3 Å². The summed E-state index contributed by atoms with van der Waals surface area (Å²) >= 11 is 0. The Kier molecular flexibility index (Phi) is 4.59. The maximum atomic E-state index is 13.2. The van der Waals surface area contributed by atoms with Crippen LogP contribution in [0.3, 0.4) is 0 Å². The van der Waals surface area contributed by atoms with E-state index >= 15 is 0 Å². The SMILES string of the molecule is CNc1cc(Nc2cc(F)c(F)c(F)c2)nc(COC)n1.